The number of thioether (sulfide) groups is 1. The Kier molecular flexibility index (Phi) is 7.59. The zero-order chi connectivity index (χ0) is 19.2. The zero-order valence-electron chi connectivity index (χ0n) is 16.2. The van der Waals surface area contributed by atoms with Crippen LogP contribution in [0.5, 0.6) is 0 Å². The first-order chi connectivity index (χ1) is 13.8. The Balaban J connectivity index is 0.00000240. The molecule has 1 aromatic carbocycles. The maximum atomic E-state index is 5.32. The van der Waals surface area contributed by atoms with E-state index in [9.17, 15) is 0 Å². The summed E-state index contributed by atoms with van der Waals surface area (Å²) in [5.41, 5.74) is 0. The molecule has 0 atom stereocenters. The van der Waals surface area contributed by atoms with Crippen LogP contribution in [0.2, 0.25) is 0 Å². The maximum absolute atomic E-state index is 5.32. The number of aliphatic imine (C=N–C) groups is 1. The molecular formula is C20H25IN6OS. The van der Waals surface area contributed by atoms with Crippen LogP contribution >= 0.6 is 35.7 Å². The van der Waals surface area contributed by atoms with Gasteiger partial charge in [-0.2, -0.15) is 0 Å². The molecule has 1 aliphatic rings. The van der Waals surface area contributed by atoms with E-state index in [2.05, 4.69) is 68.1 Å². The van der Waals surface area contributed by atoms with Gasteiger partial charge in [-0.05, 0) is 44.0 Å². The van der Waals surface area contributed by atoms with E-state index in [-0.39, 0.29) is 28.7 Å². The summed E-state index contributed by atoms with van der Waals surface area (Å²) in [4.78, 5) is 10.4. The van der Waals surface area contributed by atoms with Gasteiger partial charge in [-0.3, -0.25) is 5.10 Å². The molecular weight excluding hydrogens is 499 g/mol. The standard InChI is InChI=1S/C20H24N6OS.HI/c1-2-21-19(22-13-17-24-18(26-25-17)16-9-6-12-27-16)23-14-20(10-11-20)28-15-7-4-3-5-8-15;/h3-9,12H,2,10-11,13-14H2,1H3,(H2,21,22,23)(H,24,25,26);1H. The highest BCUT2D eigenvalue weighted by Crippen LogP contribution is 2.51. The van der Waals surface area contributed by atoms with Crippen LogP contribution in [0.25, 0.3) is 11.6 Å². The van der Waals surface area contributed by atoms with Crippen molar-refractivity contribution < 1.29 is 4.42 Å². The van der Waals surface area contributed by atoms with E-state index >= 15 is 0 Å². The average molecular weight is 524 g/mol. The Morgan fingerprint density at radius 3 is 2.72 bits per heavy atom. The van der Waals surface area contributed by atoms with Crippen LogP contribution in [-0.4, -0.2) is 39.0 Å². The minimum absolute atomic E-state index is 0. The summed E-state index contributed by atoms with van der Waals surface area (Å²) in [5.74, 6) is 2.68. The summed E-state index contributed by atoms with van der Waals surface area (Å²) in [5, 5.41) is 13.9. The second kappa shape index (κ2) is 10.1. The summed E-state index contributed by atoms with van der Waals surface area (Å²) in [6.07, 6.45) is 4.04. The summed E-state index contributed by atoms with van der Waals surface area (Å²) in [6, 6.07) is 14.2. The van der Waals surface area contributed by atoms with Crippen LogP contribution in [0.4, 0.5) is 0 Å². The molecule has 1 aliphatic carbocycles. The molecule has 1 saturated carbocycles. The third kappa shape index (κ3) is 5.99. The van der Waals surface area contributed by atoms with E-state index in [1.54, 1.807) is 6.26 Å². The SMILES string of the molecule is CCNC(=NCc1nc(-c2ccco2)n[nH]1)NCC1(Sc2ccccc2)CC1.I. The summed E-state index contributed by atoms with van der Waals surface area (Å²) < 4.78 is 5.58. The quantitative estimate of drug-likeness (QED) is 0.234. The first-order valence-corrected chi connectivity index (χ1v) is 10.3. The van der Waals surface area contributed by atoms with Crippen molar-refractivity contribution in [3.8, 4) is 11.6 Å². The smallest absolute Gasteiger partial charge is 0.216 e. The van der Waals surface area contributed by atoms with Gasteiger partial charge in [0.2, 0.25) is 5.82 Å². The van der Waals surface area contributed by atoms with E-state index in [0.717, 1.165) is 19.0 Å². The van der Waals surface area contributed by atoms with Crippen molar-refractivity contribution in [1.29, 1.82) is 0 Å². The van der Waals surface area contributed by atoms with E-state index < -0.39 is 0 Å². The highest BCUT2D eigenvalue weighted by molar-refractivity contribution is 14.0. The molecule has 7 nitrogen and oxygen atoms in total. The van der Waals surface area contributed by atoms with Gasteiger partial charge in [0.15, 0.2) is 11.7 Å². The Morgan fingerprint density at radius 1 is 1.21 bits per heavy atom. The lowest BCUT2D eigenvalue weighted by molar-refractivity contribution is 0.577. The molecule has 0 saturated heterocycles. The number of aromatic amines is 1. The second-order valence-corrected chi connectivity index (χ2v) is 8.27. The Bertz CT molecular complexity index is 908. The van der Waals surface area contributed by atoms with Gasteiger partial charge >= 0.3 is 0 Å². The lowest BCUT2D eigenvalue weighted by Crippen LogP contribution is -2.41. The fraction of sp³-hybridized carbons (Fsp3) is 0.350. The third-order valence-electron chi connectivity index (χ3n) is 4.47. The fourth-order valence-electron chi connectivity index (χ4n) is 2.82. The van der Waals surface area contributed by atoms with Crippen LogP contribution in [-0.2, 0) is 6.54 Å². The van der Waals surface area contributed by atoms with E-state index in [4.69, 9.17) is 4.42 Å². The largest absolute Gasteiger partial charge is 0.461 e. The highest BCUT2D eigenvalue weighted by Gasteiger charge is 2.43. The minimum atomic E-state index is 0. The highest BCUT2D eigenvalue weighted by atomic mass is 127. The summed E-state index contributed by atoms with van der Waals surface area (Å²) in [7, 11) is 0. The van der Waals surface area contributed by atoms with Gasteiger partial charge in [0.25, 0.3) is 0 Å². The van der Waals surface area contributed by atoms with Gasteiger partial charge in [-0.25, -0.2) is 9.98 Å². The predicted octanol–water partition coefficient (Wildman–Crippen LogP) is 4.06. The van der Waals surface area contributed by atoms with Crippen LogP contribution < -0.4 is 10.6 Å². The Hall–Kier alpha value is -2.01. The Labute approximate surface area is 191 Å². The normalized spacial score (nSPS) is 14.9. The molecule has 2 heterocycles. The van der Waals surface area contributed by atoms with Crippen LogP contribution in [0.15, 0.2) is 63.0 Å². The van der Waals surface area contributed by atoms with Gasteiger partial charge in [0.05, 0.1) is 6.26 Å². The molecule has 9 heteroatoms. The molecule has 0 unspecified atom stereocenters. The van der Waals surface area contributed by atoms with E-state index in [1.165, 1.54) is 17.7 Å². The lowest BCUT2D eigenvalue weighted by Gasteiger charge is -2.18. The van der Waals surface area contributed by atoms with Gasteiger partial charge in [-0.15, -0.1) is 40.8 Å². The number of nitrogens with zero attached hydrogens (tertiary/aromatic N) is 3. The van der Waals surface area contributed by atoms with Crippen molar-refractivity contribution in [3.63, 3.8) is 0 Å². The number of aromatic nitrogens is 3. The molecule has 154 valence electrons. The number of H-pyrrole nitrogens is 1. The molecule has 0 radical (unpaired) electrons. The topological polar surface area (TPSA) is 91.1 Å². The van der Waals surface area contributed by atoms with Gasteiger partial charge < -0.3 is 15.1 Å². The van der Waals surface area contributed by atoms with Crippen molar-refractivity contribution in [2.75, 3.05) is 13.1 Å². The minimum Gasteiger partial charge on any atom is -0.461 e. The number of nitrogens with one attached hydrogen (secondary N) is 3. The third-order valence-corrected chi connectivity index (χ3v) is 5.96. The first-order valence-electron chi connectivity index (χ1n) is 9.48. The first kappa shape index (κ1) is 21.7. The number of hydrogen-bond donors (Lipinski definition) is 3. The predicted molar refractivity (Wildman–Crippen MR) is 127 cm³/mol. The molecule has 0 amide bonds. The van der Waals surface area contributed by atoms with Gasteiger partial charge in [0.1, 0.15) is 12.4 Å². The van der Waals surface area contributed by atoms with E-state index in [1.807, 2.05) is 23.9 Å². The second-order valence-electron chi connectivity index (χ2n) is 6.73. The zero-order valence-corrected chi connectivity index (χ0v) is 19.4. The maximum Gasteiger partial charge on any atom is 0.216 e. The molecule has 3 N–H and O–H groups in total. The monoisotopic (exact) mass is 524 g/mol. The lowest BCUT2D eigenvalue weighted by atomic mass is 10.4. The van der Waals surface area contributed by atoms with Gasteiger partial charge in [0, 0.05) is 22.7 Å². The molecule has 2 aromatic heterocycles. The molecule has 0 spiro atoms. The Morgan fingerprint density at radius 2 is 2.03 bits per heavy atom. The number of hydrogen-bond acceptors (Lipinski definition) is 5. The molecule has 0 aliphatic heterocycles. The number of benzene rings is 1. The van der Waals surface area contributed by atoms with Crippen molar-refractivity contribution in [2.45, 2.75) is 36.0 Å². The van der Waals surface area contributed by atoms with Crippen molar-refractivity contribution >= 4 is 41.7 Å². The van der Waals surface area contributed by atoms with Crippen molar-refractivity contribution in [1.82, 2.24) is 25.8 Å². The molecule has 0 bridgehead atoms. The molecule has 29 heavy (non-hydrogen) atoms. The van der Waals surface area contributed by atoms with Crippen LogP contribution in [0, 0.1) is 0 Å². The van der Waals surface area contributed by atoms with E-state index in [0.29, 0.717) is 24.0 Å². The van der Waals surface area contributed by atoms with Crippen molar-refractivity contribution in [2.24, 2.45) is 4.99 Å². The van der Waals surface area contributed by atoms with Crippen LogP contribution in [0.1, 0.15) is 25.6 Å². The molecule has 3 aromatic rings. The number of halogens is 1. The van der Waals surface area contributed by atoms with Crippen LogP contribution in [0.3, 0.4) is 0 Å². The number of furan rings is 1. The van der Waals surface area contributed by atoms with Gasteiger partial charge in [-0.1, -0.05) is 18.2 Å². The number of rotatable bonds is 8. The molecule has 1 fully saturated rings. The molecule has 4 rings (SSSR count). The summed E-state index contributed by atoms with van der Waals surface area (Å²) in [6.45, 7) is 4.17. The summed E-state index contributed by atoms with van der Waals surface area (Å²) >= 11 is 1.95. The number of guanidine groups is 1. The average Bonchev–Trinajstić information content (AvgIpc) is 3.12. The fourth-order valence-corrected chi connectivity index (χ4v) is 4.06. The van der Waals surface area contributed by atoms with Crippen molar-refractivity contribution in [3.05, 3.63) is 54.6 Å².